The van der Waals surface area contributed by atoms with Crippen LogP contribution in [0.5, 0.6) is 0 Å². The molecule has 2 rings (SSSR count). The number of halogens is 4. The van der Waals surface area contributed by atoms with Crippen LogP contribution in [-0.4, -0.2) is 24.8 Å². The minimum Gasteiger partial charge on any atom is -0.345 e. The first kappa shape index (κ1) is 19.2. The van der Waals surface area contributed by atoms with Crippen LogP contribution < -0.4 is 5.32 Å². The number of nitrogens with one attached hydrogen (secondary N) is 1. The number of carbonyl (C=O) groups excluding carboxylic acids is 1. The van der Waals surface area contributed by atoms with Gasteiger partial charge in [0.1, 0.15) is 0 Å². The first-order valence-electron chi connectivity index (χ1n) is 6.86. The normalized spacial score (nSPS) is 13.3. The molecule has 1 heterocycles. The molecule has 0 aliphatic rings. The average molecular weight is 393 g/mol. The van der Waals surface area contributed by atoms with Gasteiger partial charge in [-0.1, -0.05) is 23.7 Å². The number of hydrogen-bond donors (Lipinski definition) is 1. The second-order valence-corrected chi connectivity index (χ2v) is 7.34. The van der Waals surface area contributed by atoms with E-state index in [1.165, 1.54) is 6.07 Å². The van der Waals surface area contributed by atoms with E-state index < -0.39 is 37.9 Å². The van der Waals surface area contributed by atoms with E-state index in [0.717, 1.165) is 12.3 Å². The Bertz CT molecular complexity index is 884. The maximum Gasteiger partial charge on any atom is 0.503 e. The Morgan fingerprint density at radius 3 is 2.36 bits per heavy atom. The number of sulfone groups is 1. The molecule has 1 atom stereocenters. The lowest BCUT2D eigenvalue weighted by molar-refractivity contribution is -0.0438. The standard InChI is InChI=1S/C15H12ClF3N2O3S/c1-9(10-4-6-11(16)7-5-10)21-13(22)12-3-2-8-20-14(12)25(23,24)15(17,18)19/h2-9H,1H3,(H,21,22). The summed E-state index contributed by atoms with van der Waals surface area (Å²) in [6.07, 6.45) is 0.873. The lowest BCUT2D eigenvalue weighted by atomic mass is 10.1. The molecule has 1 amide bonds. The van der Waals surface area contributed by atoms with Crippen LogP contribution in [-0.2, 0) is 9.84 Å². The quantitative estimate of drug-likeness (QED) is 0.863. The summed E-state index contributed by atoms with van der Waals surface area (Å²) in [6, 6.07) is 7.99. The van der Waals surface area contributed by atoms with Crippen LogP contribution in [0, 0.1) is 0 Å². The molecule has 1 N–H and O–H groups in total. The Hall–Kier alpha value is -2.13. The van der Waals surface area contributed by atoms with Gasteiger partial charge in [0.25, 0.3) is 15.7 Å². The summed E-state index contributed by atoms with van der Waals surface area (Å²) < 4.78 is 61.4. The molecule has 0 radical (unpaired) electrons. The Kier molecular flexibility index (Phi) is 5.38. The van der Waals surface area contributed by atoms with E-state index in [0.29, 0.717) is 10.6 Å². The molecular weight excluding hydrogens is 381 g/mol. The zero-order valence-corrected chi connectivity index (χ0v) is 14.3. The fraction of sp³-hybridized carbons (Fsp3) is 0.200. The van der Waals surface area contributed by atoms with Crippen molar-refractivity contribution in [2.75, 3.05) is 0 Å². The van der Waals surface area contributed by atoms with E-state index in [4.69, 9.17) is 11.6 Å². The van der Waals surface area contributed by atoms with Crippen molar-refractivity contribution < 1.29 is 26.4 Å². The molecule has 1 unspecified atom stereocenters. The zero-order chi connectivity index (χ0) is 18.8. The number of pyridine rings is 1. The number of benzene rings is 1. The van der Waals surface area contributed by atoms with Crippen molar-refractivity contribution in [2.45, 2.75) is 23.5 Å². The SMILES string of the molecule is CC(NC(=O)c1cccnc1S(=O)(=O)C(F)(F)F)c1ccc(Cl)cc1. The topological polar surface area (TPSA) is 76.1 Å². The predicted molar refractivity (Wildman–Crippen MR) is 84.8 cm³/mol. The Morgan fingerprint density at radius 2 is 1.80 bits per heavy atom. The van der Waals surface area contributed by atoms with E-state index >= 15 is 0 Å². The van der Waals surface area contributed by atoms with E-state index in [9.17, 15) is 26.4 Å². The van der Waals surface area contributed by atoms with Gasteiger partial charge < -0.3 is 5.32 Å². The Labute approximate surface area is 146 Å². The number of carbonyl (C=O) groups is 1. The second-order valence-electron chi connectivity index (χ2n) is 5.05. The fourth-order valence-corrected chi connectivity index (χ4v) is 2.99. The molecule has 0 saturated carbocycles. The summed E-state index contributed by atoms with van der Waals surface area (Å²) in [5, 5.41) is 1.59. The molecule has 0 fully saturated rings. The number of rotatable bonds is 4. The zero-order valence-electron chi connectivity index (χ0n) is 12.7. The highest BCUT2D eigenvalue weighted by atomic mass is 35.5. The van der Waals surface area contributed by atoms with E-state index in [-0.39, 0.29) is 0 Å². The number of hydrogen-bond acceptors (Lipinski definition) is 4. The van der Waals surface area contributed by atoms with E-state index in [2.05, 4.69) is 10.3 Å². The molecule has 0 spiro atoms. The average Bonchev–Trinajstić information content (AvgIpc) is 2.54. The number of nitrogens with zero attached hydrogens (tertiary/aromatic N) is 1. The minimum absolute atomic E-state index is 0.480. The smallest absolute Gasteiger partial charge is 0.345 e. The molecule has 5 nitrogen and oxygen atoms in total. The van der Waals surface area contributed by atoms with Crippen molar-refractivity contribution in [3.63, 3.8) is 0 Å². The van der Waals surface area contributed by atoms with E-state index in [1.54, 1.807) is 31.2 Å². The van der Waals surface area contributed by atoms with Gasteiger partial charge in [0.15, 0.2) is 5.03 Å². The van der Waals surface area contributed by atoms with Gasteiger partial charge in [0.05, 0.1) is 11.6 Å². The van der Waals surface area contributed by atoms with Crippen LogP contribution in [0.25, 0.3) is 0 Å². The van der Waals surface area contributed by atoms with Crippen LogP contribution >= 0.6 is 11.6 Å². The third-order valence-electron chi connectivity index (χ3n) is 3.29. The van der Waals surface area contributed by atoms with Gasteiger partial charge in [-0.15, -0.1) is 0 Å². The molecule has 1 aromatic heterocycles. The van der Waals surface area contributed by atoms with Crippen molar-refractivity contribution in [2.24, 2.45) is 0 Å². The summed E-state index contributed by atoms with van der Waals surface area (Å²) in [4.78, 5) is 15.5. The third-order valence-corrected chi connectivity index (χ3v) is 4.99. The molecule has 0 saturated heterocycles. The van der Waals surface area contributed by atoms with Crippen molar-refractivity contribution >= 4 is 27.3 Å². The number of aromatic nitrogens is 1. The van der Waals surface area contributed by atoms with Gasteiger partial charge in [0.2, 0.25) is 0 Å². The summed E-state index contributed by atoms with van der Waals surface area (Å²) in [5.41, 5.74) is -5.60. The fourth-order valence-electron chi connectivity index (χ4n) is 2.00. The van der Waals surface area contributed by atoms with Crippen LogP contribution in [0.1, 0.15) is 28.9 Å². The van der Waals surface area contributed by atoms with Crippen molar-refractivity contribution in [3.8, 4) is 0 Å². The summed E-state index contributed by atoms with van der Waals surface area (Å²) in [6.45, 7) is 1.59. The molecule has 25 heavy (non-hydrogen) atoms. The second kappa shape index (κ2) is 7.01. The van der Waals surface area contributed by atoms with Crippen LogP contribution in [0.15, 0.2) is 47.6 Å². The lowest BCUT2D eigenvalue weighted by Gasteiger charge is -2.16. The lowest BCUT2D eigenvalue weighted by Crippen LogP contribution is -2.31. The molecule has 2 aromatic rings. The molecule has 0 aliphatic heterocycles. The molecular formula is C15H12ClF3N2O3S. The monoisotopic (exact) mass is 392 g/mol. The van der Waals surface area contributed by atoms with Crippen LogP contribution in [0.3, 0.4) is 0 Å². The maximum atomic E-state index is 12.8. The van der Waals surface area contributed by atoms with Gasteiger partial charge in [0, 0.05) is 11.2 Å². The number of amides is 1. The van der Waals surface area contributed by atoms with E-state index in [1.807, 2.05) is 0 Å². The molecule has 0 bridgehead atoms. The van der Waals surface area contributed by atoms with Gasteiger partial charge in [-0.05, 0) is 36.8 Å². The largest absolute Gasteiger partial charge is 0.503 e. The highest BCUT2D eigenvalue weighted by Gasteiger charge is 2.49. The summed E-state index contributed by atoms with van der Waals surface area (Å²) >= 11 is 5.76. The van der Waals surface area contributed by atoms with Gasteiger partial charge >= 0.3 is 5.51 Å². The Morgan fingerprint density at radius 1 is 1.20 bits per heavy atom. The minimum atomic E-state index is -5.75. The van der Waals surface area contributed by atoms with Gasteiger partial charge in [-0.3, -0.25) is 4.79 Å². The molecule has 1 aromatic carbocycles. The predicted octanol–water partition coefficient (Wildman–Crippen LogP) is 3.52. The van der Waals surface area contributed by atoms with Crippen LogP contribution in [0.4, 0.5) is 13.2 Å². The summed E-state index contributed by atoms with van der Waals surface area (Å²) in [5.74, 6) is -0.988. The highest BCUT2D eigenvalue weighted by Crippen LogP contribution is 2.31. The van der Waals surface area contributed by atoms with Crippen molar-refractivity contribution in [1.82, 2.24) is 10.3 Å². The Balaban J connectivity index is 2.33. The third kappa shape index (κ3) is 4.10. The van der Waals surface area contributed by atoms with Crippen molar-refractivity contribution in [1.29, 1.82) is 0 Å². The maximum absolute atomic E-state index is 12.8. The summed E-state index contributed by atoms with van der Waals surface area (Å²) in [7, 11) is -5.75. The van der Waals surface area contributed by atoms with Gasteiger partial charge in [-0.25, -0.2) is 13.4 Å². The van der Waals surface area contributed by atoms with Crippen LogP contribution in [0.2, 0.25) is 5.02 Å². The van der Waals surface area contributed by atoms with Gasteiger partial charge in [-0.2, -0.15) is 13.2 Å². The molecule has 134 valence electrons. The molecule has 10 heteroatoms. The first-order valence-corrected chi connectivity index (χ1v) is 8.73. The highest BCUT2D eigenvalue weighted by molar-refractivity contribution is 7.92. The first-order chi connectivity index (χ1) is 11.5. The van der Waals surface area contributed by atoms with Crippen molar-refractivity contribution in [3.05, 3.63) is 58.7 Å². The molecule has 0 aliphatic carbocycles. The number of alkyl halides is 3.